The molecule has 1 aliphatic rings. The largest absolute Gasteiger partial charge is 0.469 e. The number of anilines is 1. The molecule has 2 N–H and O–H groups in total. The molecular weight excluding hydrogens is 320 g/mol. The van der Waals surface area contributed by atoms with Crippen LogP contribution in [-0.2, 0) is 27.8 Å². The highest BCUT2D eigenvalue weighted by Gasteiger charge is 2.34. The lowest BCUT2D eigenvalue weighted by atomic mass is 9.90. The van der Waals surface area contributed by atoms with Crippen molar-refractivity contribution >= 4 is 17.6 Å². The van der Waals surface area contributed by atoms with Crippen LogP contribution in [0, 0.1) is 5.92 Å². The summed E-state index contributed by atoms with van der Waals surface area (Å²) in [6.45, 7) is 1.41. The van der Waals surface area contributed by atoms with Crippen molar-refractivity contribution in [2.24, 2.45) is 13.0 Å². The molecule has 1 aromatic carbocycles. The van der Waals surface area contributed by atoms with Crippen molar-refractivity contribution in [2.45, 2.75) is 12.3 Å². The van der Waals surface area contributed by atoms with Gasteiger partial charge in [0.05, 0.1) is 25.6 Å². The van der Waals surface area contributed by atoms with Crippen LogP contribution in [0.2, 0.25) is 0 Å². The number of benzene rings is 1. The van der Waals surface area contributed by atoms with E-state index >= 15 is 0 Å². The first-order chi connectivity index (χ1) is 12.1. The number of esters is 1. The number of hydrogen-bond donors (Lipinski definition) is 2. The Kier molecular flexibility index (Phi) is 5.14. The molecule has 0 bridgehead atoms. The molecule has 0 unspecified atom stereocenters. The first kappa shape index (κ1) is 17.2. The molecule has 1 fully saturated rings. The minimum Gasteiger partial charge on any atom is -0.469 e. The van der Waals surface area contributed by atoms with Crippen molar-refractivity contribution in [1.82, 2.24) is 15.1 Å². The van der Waals surface area contributed by atoms with Gasteiger partial charge in [0.15, 0.2) is 0 Å². The van der Waals surface area contributed by atoms with Crippen LogP contribution in [0.4, 0.5) is 5.69 Å². The number of nitrogens with one attached hydrogen (secondary N) is 2. The predicted octanol–water partition coefficient (Wildman–Crippen LogP) is 1.08. The van der Waals surface area contributed by atoms with E-state index in [4.69, 9.17) is 0 Å². The van der Waals surface area contributed by atoms with Gasteiger partial charge in [-0.1, -0.05) is 12.1 Å². The monoisotopic (exact) mass is 342 g/mol. The lowest BCUT2D eigenvalue weighted by Gasteiger charge is -2.17. The third-order valence-electron chi connectivity index (χ3n) is 4.50. The van der Waals surface area contributed by atoms with E-state index < -0.39 is 0 Å². The van der Waals surface area contributed by atoms with Crippen LogP contribution in [0.5, 0.6) is 0 Å². The van der Waals surface area contributed by atoms with Crippen LogP contribution in [0.25, 0.3) is 0 Å². The molecule has 1 aromatic heterocycles. The van der Waals surface area contributed by atoms with E-state index in [1.165, 1.54) is 7.11 Å². The zero-order chi connectivity index (χ0) is 17.8. The van der Waals surface area contributed by atoms with Crippen molar-refractivity contribution in [3.63, 3.8) is 0 Å². The molecule has 2 heterocycles. The van der Waals surface area contributed by atoms with Crippen molar-refractivity contribution < 1.29 is 14.3 Å². The Hall–Kier alpha value is -2.67. The Labute approximate surface area is 146 Å². The van der Waals surface area contributed by atoms with Crippen molar-refractivity contribution in [3.05, 3.63) is 47.8 Å². The molecule has 132 valence electrons. The van der Waals surface area contributed by atoms with Gasteiger partial charge in [-0.15, -0.1) is 0 Å². The quantitative estimate of drug-likeness (QED) is 0.794. The van der Waals surface area contributed by atoms with E-state index in [1.807, 2.05) is 31.6 Å². The standard InChI is InChI=1S/C18H22N4O3/c1-22-11-13(8-20-22)15-9-19-10-16(15)18(24)21-14-5-3-12(4-6-14)7-17(23)25-2/h3-6,8,11,15-16,19H,7,9-10H2,1-2H3,(H,21,24)/t15-,16+/m1/s1. The summed E-state index contributed by atoms with van der Waals surface area (Å²) in [6, 6.07) is 7.24. The van der Waals surface area contributed by atoms with Gasteiger partial charge in [-0.25, -0.2) is 0 Å². The van der Waals surface area contributed by atoms with Gasteiger partial charge >= 0.3 is 5.97 Å². The van der Waals surface area contributed by atoms with E-state index in [-0.39, 0.29) is 30.1 Å². The molecule has 7 nitrogen and oxygen atoms in total. The number of rotatable bonds is 5. The number of ether oxygens (including phenoxy) is 1. The zero-order valence-corrected chi connectivity index (χ0v) is 14.4. The van der Waals surface area contributed by atoms with E-state index in [2.05, 4.69) is 20.5 Å². The SMILES string of the molecule is COC(=O)Cc1ccc(NC(=O)[C@H]2CNC[C@@H]2c2cnn(C)c2)cc1. The molecule has 2 atom stereocenters. The third kappa shape index (κ3) is 4.06. The van der Waals surface area contributed by atoms with Gasteiger partial charge in [0, 0.05) is 37.9 Å². The van der Waals surface area contributed by atoms with Gasteiger partial charge in [-0.2, -0.15) is 5.10 Å². The number of hydrogen-bond acceptors (Lipinski definition) is 5. The minimum absolute atomic E-state index is 0.0143. The molecule has 0 spiro atoms. The first-order valence-corrected chi connectivity index (χ1v) is 8.22. The van der Waals surface area contributed by atoms with Crippen molar-refractivity contribution in [2.75, 3.05) is 25.5 Å². The van der Waals surface area contributed by atoms with Crippen LogP contribution in [0.1, 0.15) is 17.0 Å². The number of aryl methyl sites for hydroxylation is 1. The summed E-state index contributed by atoms with van der Waals surface area (Å²) in [5.74, 6) is -0.320. The maximum atomic E-state index is 12.7. The molecule has 25 heavy (non-hydrogen) atoms. The average Bonchev–Trinajstić information content (AvgIpc) is 3.25. The Bertz CT molecular complexity index is 754. The van der Waals surface area contributed by atoms with Gasteiger partial charge in [0.2, 0.25) is 5.91 Å². The highest BCUT2D eigenvalue weighted by Crippen LogP contribution is 2.28. The molecule has 0 radical (unpaired) electrons. The second-order valence-electron chi connectivity index (χ2n) is 6.26. The fraction of sp³-hybridized carbons (Fsp3) is 0.389. The van der Waals surface area contributed by atoms with Crippen LogP contribution in [0.15, 0.2) is 36.7 Å². The second kappa shape index (κ2) is 7.48. The fourth-order valence-corrected chi connectivity index (χ4v) is 3.12. The number of methoxy groups -OCH3 is 1. The minimum atomic E-state index is -0.284. The fourth-order valence-electron chi connectivity index (χ4n) is 3.12. The molecule has 0 saturated carbocycles. The van der Waals surface area contributed by atoms with Crippen molar-refractivity contribution in [1.29, 1.82) is 0 Å². The van der Waals surface area contributed by atoms with E-state index in [9.17, 15) is 9.59 Å². The van der Waals surface area contributed by atoms with Crippen molar-refractivity contribution in [3.8, 4) is 0 Å². The molecular formula is C18H22N4O3. The molecule has 1 amide bonds. The number of carbonyl (C=O) groups is 2. The summed E-state index contributed by atoms with van der Waals surface area (Å²) in [5.41, 5.74) is 2.64. The van der Waals surface area contributed by atoms with E-state index in [0.29, 0.717) is 6.54 Å². The van der Waals surface area contributed by atoms with Gasteiger partial charge in [-0.3, -0.25) is 14.3 Å². The lowest BCUT2D eigenvalue weighted by Crippen LogP contribution is -2.28. The molecule has 7 heteroatoms. The number of amides is 1. The molecule has 3 rings (SSSR count). The second-order valence-corrected chi connectivity index (χ2v) is 6.26. The summed E-state index contributed by atoms with van der Waals surface area (Å²) >= 11 is 0. The van der Waals surface area contributed by atoms with E-state index in [0.717, 1.165) is 23.4 Å². The molecule has 1 saturated heterocycles. The number of carbonyl (C=O) groups excluding carboxylic acids is 2. The highest BCUT2D eigenvalue weighted by molar-refractivity contribution is 5.93. The first-order valence-electron chi connectivity index (χ1n) is 8.22. The summed E-state index contributed by atoms with van der Waals surface area (Å²) in [4.78, 5) is 23.9. The smallest absolute Gasteiger partial charge is 0.309 e. The highest BCUT2D eigenvalue weighted by atomic mass is 16.5. The summed E-state index contributed by atoms with van der Waals surface area (Å²) < 4.78 is 6.40. The Morgan fingerprint density at radius 2 is 2.08 bits per heavy atom. The Morgan fingerprint density at radius 1 is 1.32 bits per heavy atom. The summed E-state index contributed by atoms with van der Waals surface area (Å²) in [5, 5.41) is 10.4. The van der Waals surface area contributed by atoms with Crippen LogP contribution < -0.4 is 10.6 Å². The van der Waals surface area contributed by atoms with Gasteiger partial charge in [0.1, 0.15) is 0 Å². The topological polar surface area (TPSA) is 85.2 Å². The molecule has 0 aliphatic carbocycles. The van der Waals surface area contributed by atoms with E-state index in [1.54, 1.807) is 16.8 Å². The van der Waals surface area contributed by atoms with Gasteiger partial charge < -0.3 is 15.4 Å². The maximum absolute atomic E-state index is 12.7. The average molecular weight is 342 g/mol. The number of nitrogens with zero attached hydrogens (tertiary/aromatic N) is 2. The van der Waals surface area contributed by atoms with Gasteiger partial charge in [0.25, 0.3) is 0 Å². The third-order valence-corrected chi connectivity index (χ3v) is 4.50. The Morgan fingerprint density at radius 3 is 2.72 bits per heavy atom. The lowest BCUT2D eigenvalue weighted by molar-refractivity contribution is -0.139. The Balaban J connectivity index is 1.64. The molecule has 2 aromatic rings. The normalized spacial score (nSPS) is 19.6. The number of aromatic nitrogens is 2. The zero-order valence-electron chi connectivity index (χ0n) is 14.4. The summed E-state index contributed by atoms with van der Waals surface area (Å²) in [7, 11) is 3.24. The summed E-state index contributed by atoms with van der Waals surface area (Å²) in [6.07, 6.45) is 4.00. The van der Waals surface area contributed by atoms with Crippen LogP contribution in [-0.4, -0.2) is 41.9 Å². The predicted molar refractivity (Wildman–Crippen MR) is 93.1 cm³/mol. The maximum Gasteiger partial charge on any atom is 0.309 e. The van der Waals surface area contributed by atoms with Crippen LogP contribution >= 0.6 is 0 Å². The van der Waals surface area contributed by atoms with Gasteiger partial charge in [-0.05, 0) is 23.3 Å². The molecule has 1 aliphatic heterocycles. The van der Waals surface area contributed by atoms with Crippen LogP contribution in [0.3, 0.4) is 0 Å².